The molecule has 2 rings (SSSR count). The van der Waals surface area contributed by atoms with Crippen molar-refractivity contribution in [1.29, 1.82) is 0 Å². The van der Waals surface area contributed by atoms with Gasteiger partial charge in [0, 0.05) is 12.6 Å². The van der Waals surface area contributed by atoms with E-state index in [2.05, 4.69) is 20.5 Å². The summed E-state index contributed by atoms with van der Waals surface area (Å²) in [5.74, 6) is 1.02. The van der Waals surface area contributed by atoms with Crippen LogP contribution in [0.15, 0.2) is 10.9 Å². The van der Waals surface area contributed by atoms with E-state index >= 15 is 0 Å². The van der Waals surface area contributed by atoms with E-state index in [1.165, 1.54) is 4.40 Å². The van der Waals surface area contributed by atoms with Crippen molar-refractivity contribution in [3.8, 4) is 5.88 Å². The van der Waals surface area contributed by atoms with E-state index in [1.54, 1.807) is 13.0 Å². The molecule has 2 aromatic rings. The molecule has 2 heterocycles. The molecule has 86 valence electrons. The van der Waals surface area contributed by atoms with Gasteiger partial charge in [-0.3, -0.25) is 0 Å². The molecule has 0 bridgehead atoms. The van der Waals surface area contributed by atoms with Gasteiger partial charge in [0.2, 0.25) is 5.88 Å². The fourth-order valence-electron chi connectivity index (χ4n) is 1.40. The molecule has 0 saturated heterocycles. The summed E-state index contributed by atoms with van der Waals surface area (Å²) in [6.45, 7) is 2.99. The third-order valence-corrected chi connectivity index (χ3v) is 2.15. The number of nitrogens with one attached hydrogen (secondary N) is 2. The summed E-state index contributed by atoms with van der Waals surface area (Å²) in [6.07, 6.45) is 0. The van der Waals surface area contributed by atoms with Crippen molar-refractivity contribution < 1.29 is 4.74 Å². The Bertz CT molecular complexity index is 544. The predicted molar refractivity (Wildman–Crippen MR) is 57.8 cm³/mol. The molecule has 0 aliphatic heterocycles. The van der Waals surface area contributed by atoms with Gasteiger partial charge in [-0.15, -0.1) is 0 Å². The number of likely N-dealkylation sites (N-methyl/N-ethyl adjacent to an activating group) is 1. The number of aromatic amines is 1. The largest absolute Gasteiger partial charge is 0.476 e. The Morgan fingerprint density at radius 3 is 3.19 bits per heavy atom. The maximum atomic E-state index is 11.3. The van der Waals surface area contributed by atoms with Crippen LogP contribution in [-0.2, 0) is 0 Å². The van der Waals surface area contributed by atoms with Crippen molar-refractivity contribution in [3.05, 3.63) is 22.4 Å². The van der Waals surface area contributed by atoms with E-state index in [0.29, 0.717) is 24.0 Å². The Balaban J connectivity index is 2.32. The summed E-state index contributed by atoms with van der Waals surface area (Å²) in [4.78, 5) is 15.5. The summed E-state index contributed by atoms with van der Waals surface area (Å²) >= 11 is 0. The lowest BCUT2D eigenvalue weighted by molar-refractivity contribution is 0.305. The fraction of sp³-hybridized carbons (Fsp3) is 0.444. The summed E-state index contributed by atoms with van der Waals surface area (Å²) in [6, 6.07) is 1.63. The molecular weight excluding hydrogens is 210 g/mol. The number of H-pyrrole nitrogens is 1. The SMILES string of the molecule is CNCCOc1cc2n[nH]c(=O)n2c(C)n1. The maximum absolute atomic E-state index is 11.3. The molecule has 0 spiro atoms. The molecule has 0 atom stereocenters. The van der Waals surface area contributed by atoms with Crippen LogP contribution in [0.1, 0.15) is 5.82 Å². The first-order chi connectivity index (χ1) is 7.72. The zero-order valence-electron chi connectivity index (χ0n) is 9.15. The zero-order chi connectivity index (χ0) is 11.5. The molecule has 0 amide bonds. The highest BCUT2D eigenvalue weighted by Crippen LogP contribution is 2.09. The topological polar surface area (TPSA) is 84.3 Å². The minimum Gasteiger partial charge on any atom is -0.476 e. The third kappa shape index (κ3) is 1.89. The highest BCUT2D eigenvalue weighted by molar-refractivity contribution is 5.40. The molecule has 0 aliphatic carbocycles. The van der Waals surface area contributed by atoms with Crippen LogP contribution in [0.4, 0.5) is 0 Å². The second-order valence-electron chi connectivity index (χ2n) is 3.32. The van der Waals surface area contributed by atoms with Crippen molar-refractivity contribution in [2.24, 2.45) is 0 Å². The molecule has 0 aromatic carbocycles. The Morgan fingerprint density at radius 2 is 2.44 bits per heavy atom. The van der Waals surface area contributed by atoms with Crippen LogP contribution in [0, 0.1) is 6.92 Å². The summed E-state index contributed by atoms with van der Waals surface area (Å²) in [5, 5.41) is 9.18. The van der Waals surface area contributed by atoms with Gasteiger partial charge in [0.25, 0.3) is 0 Å². The molecular formula is C9H13N5O2. The second kappa shape index (κ2) is 4.31. The second-order valence-corrected chi connectivity index (χ2v) is 3.32. The number of ether oxygens (including phenoxy) is 1. The first kappa shape index (κ1) is 10.6. The molecule has 0 fully saturated rings. The van der Waals surface area contributed by atoms with E-state index in [0.717, 1.165) is 6.54 Å². The zero-order valence-corrected chi connectivity index (χ0v) is 9.15. The van der Waals surface area contributed by atoms with Gasteiger partial charge >= 0.3 is 5.69 Å². The van der Waals surface area contributed by atoms with Crippen LogP contribution >= 0.6 is 0 Å². The average molecular weight is 223 g/mol. The van der Waals surface area contributed by atoms with Crippen molar-refractivity contribution in [1.82, 2.24) is 24.9 Å². The van der Waals surface area contributed by atoms with Gasteiger partial charge in [-0.1, -0.05) is 0 Å². The number of rotatable bonds is 4. The van der Waals surface area contributed by atoms with E-state index in [1.807, 2.05) is 7.05 Å². The first-order valence-corrected chi connectivity index (χ1v) is 4.94. The Hall–Kier alpha value is -1.89. The van der Waals surface area contributed by atoms with Crippen molar-refractivity contribution in [2.45, 2.75) is 6.92 Å². The third-order valence-electron chi connectivity index (χ3n) is 2.15. The highest BCUT2D eigenvalue weighted by Gasteiger charge is 2.07. The van der Waals surface area contributed by atoms with Gasteiger partial charge in [-0.05, 0) is 14.0 Å². The molecule has 0 unspecified atom stereocenters. The van der Waals surface area contributed by atoms with Crippen LogP contribution in [0.3, 0.4) is 0 Å². The van der Waals surface area contributed by atoms with Crippen molar-refractivity contribution >= 4 is 5.65 Å². The highest BCUT2D eigenvalue weighted by atomic mass is 16.5. The smallest absolute Gasteiger partial charge is 0.349 e. The number of aryl methyl sites for hydroxylation is 1. The van der Waals surface area contributed by atoms with Gasteiger partial charge in [-0.2, -0.15) is 10.1 Å². The van der Waals surface area contributed by atoms with Gasteiger partial charge in [0.05, 0.1) is 0 Å². The normalized spacial score (nSPS) is 10.9. The fourth-order valence-corrected chi connectivity index (χ4v) is 1.40. The van der Waals surface area contributed by atoms with Crippen molar-refractivity contribution in [2.75, 3.05) is 20.2 Å². The van der Waals surface area contributed by atoms with Crippen LogP contribution < -0.4 is 15.7 Å². The lowest BCUT2D eigenvalue weighted by Crippen LogP contribution is -2.17. The number of hydrogen-bond acceptors (Lipinski definition) is 5. The first-order valence-electron chi connectivity index (χ1n) is 4.94. The Labute approximate surface area is 91.5 Å². The molecule has 16 heavy (non-hydrogen) atoms. The Kier molecular flexibility index (Phi) is 2.86. The molecule has 2 aromatic heterocycles. The van der Waals surface area contributed by atoms with Crippen LogP contribution in [-0.4, -0.2) is 39.8 Å². The van der Waals surface area contributed by atoms with Crippen LogP contribution in [0.5, 0.6) is 5.88 Å². The summed E-state index contributed by atoms with van der Waals surface area (Å²) in [5.41, 5.74) is 0.221. The summed E-state index contributed by atoms with van der Waals surface area (Å²) in [7, 11) is 1.85. The Morgan fingerprint density at radius 1 is 1.62 bits per heavy atom. The quantitative estimate of drug-likeness (QED) is 0.671. The van der Waals surface area contributed by atoms with E-state index in [4.69, 9.17) is 4.74 Å². The number of fused-ring (bicyclic) bond motifs is 1. The molecule has 0 radical (unpaired) electrons. The predicted octanol–water partition coefficient (Wildman–Crippen LogP) is -0.676. The lowest BCUT2D eigenvalue weighted by atomic mass is 10.5. The van der Waals surface area contributed by atoms with Gasteiger partial charge < -0.3 is 10.1 Å². The molecule has 0 aliphatic rings. The van der Waals surface area contributed by atoms with E-state index in [9.17, 15) is 4.79 Å². The average Bonchev–Trinajstić information content (AvgIpc) is 2.61. The van der Waals surface area contributed by atoms with E-state index in [-0.39, 0.29) is 5.69 Å². The van der Waals surface area contributed by atoms with Crippen LogP contribution in [0.2, 0.25) is 0 Å². The standard InChI is InChI=1S/C9H13N5O2/c1-6-11-8(16-4-3-10-2)5-7-12-13-9(15)14(6)7/h5,10H,3-4H2,1-2H3,(H,13,15). The number of aromatic nitrogens is 4. The maximum Gasteiger partial charge on any atom is 0.349 e. The monoisotopic (exact) mass is 223 g/mol. The summed E-state index contributed by atoms with van der Waals surface area (Å²) < 4.78 is 6.80. The van der Waals surface area contributed by atoms with Crippen LogP contribution in [0.25, 0.3) is 5.65 Å². The molecule has 7 nitrogen and oxygen atoms in total. The minimum atomic E-state index is -0.290. The molecule has 7 heteroatoms. The van der Waals surface area contributed by atoms with Gasteiger partial charge in [-0.25, -0.2) is 14.3 Å². The van der Waals surface area contributed by atoms with E-state index < -0.39 is 0 Å². The minimum absolute atomic E-state index is 0.290. The lowest BCUT2D eigenvalue weighted by Gasteiger charge is -2.05. The number of hydrogen-bond donors (Lipinski definition) is 2. The van der Waals surface area contributed by atoms with Gasteiger partial charge in [0.1, 0.15) is 12.4 Å². The van der Waals surface area contributed by atoms with Gasteiger partial charge in [0.15, 0.2) is 5.65 Å². The number of nitrogens with zero attached hydrogens (tertiary/aromatic N) is 3. The molecule has 2 N–H and O–H groups in total. The molecule has 0 saturated carbocycles. The van der Waals surface area contributed by atoms with Crippen molar-refractivity contribution in [3.63, 3.8) is 0 Å².